The Morgan fingerprint density at radius 2 is 1.70 bits per heavy atom. The molecule has 7 atom stereocenters. The van der Waals surface area contributed by atoms with Crippen LogP contribution in [0.1, 0.15) is 60.3 Å². The highest BCUT2D eigenvalue weighted by Gasteiger charge is 2.76. The van der Waals surface area contributed by atoms with Crippen molar-refractivity contribution in [1.29, 1.82) is 0 Å². The molecule has 0 aromatic heterocycles. The van der Waals surface area contributed by atoms with Crippen molar-refractivity contribution in [2.24, 2.45) is 17.8 Å². The zero-order valence-electron chi connectivity index (χ0n) is 26.2. The van der Waals surface area contributed by atoms with Gasteiger partial charge in [0.15, 0.2) is 0 Å². The Balaban J connectivity index is 1.64. The first kappa shape index (κ1) is 31.3. The lowest BCUT2D eigenvalue weighted by atomic mass is 9.73. The Kier molecular flexibility index (Phi) is 9.05. The molecule has 2 saturated heterocycles. The van der Waals surface area contributed by atoms with Gasteiger partial charge < -0.3 is 29.3 Å². The second kappa shape index (κ2) is 12.4. The highest BCUT2D eigenvalue weighted by atomic mass is 16.5. The first-order valence-electron chi connectivity index (χ1n) is 16.0. The highest BCUT2D eigenvalue weighted by molar-refractivity contribution is 6.04. The van der Waals surface area contributed by atoms with Crippen LogP contribution in [0.3, 0.4) is 0 Å². The minimum atomic E-state index is -1.33. The van der Waals surface area contributed by atoms with Gasteiger partial charge in [-0.2, -0.15) is 0 Å². The maximum absolute atomic E-state index is 14.8. The molecule has 234 valence electrons. The largest absolute Gasteiger partial charge is 0.494 e. The molecule has 0 radical (unpaired) electrons. The van der Waals surface area contributed by atoms with Crippen molar-refractivity contribution in [3.8, 4) is 5.75 Å². The summed E-state index contributed by atoms with van der Waals surface area (Å²) < 4.78 is 12.7. The fourth-order valence-electron chi connectivity index (χ4n) is 7.59. The minimum Gasteiger partial charge on any atom is -0.494 e. The number of fused-ring (bicyclic) bond motifs is 2. The van der Waals surface area contributed by atoms with E-state index < -0.39 is 35.1 Å². The molecule has 1 aromatic rings. The summed E-state index contributed by atoms with van der Waals surface area (Å²) in [5.74, 6) is -1.79. The van der Waals surface area contributed by atoms with Crippen LogP contribution in [-0.2, 0) is 19.1 Å². The first-order valence-corrected chi connectivity index (χ1v) is 16.0. The average molecular weight is 594 g/mol. The Labute approximate surface area is 255 Å². The number of ether oxygens (including phenoxy) is 2. The Morgan fingerprint density at radius 1 is 0.977 bits per heavy atom. The van der Waals surface area contributed by atoms with E-state index in [0.29, 0.717) is 38.3 Å². The lowest BCUT2D eigenvalue weighted by Crippen LogP contribution is -2.60. The van der Waals surface area contributed by atoms with E-state index in [4.69, 9.17) is 9.47 Å². The number of nitrogens with zero attached hydrogens (tertiary/aromatic N) is 3. The van der Waals surface area contributed by atoms with E-state index in [1.165, 1.54) is 0 Å². The molecule has 0 bridgehead atoms. The molecular formula is C34H47N3O6. The highest BCUT2D eigenvalue weighted by Crippen LogP contribution is 2.59. The van der Waals surface area contributed by atoms with Gasteiger partial charge in [-0.05, 0) is 49.9 Å². The predicted molar refractivity (Wildman–Crippen MR) is 165 cm³/mol. The number of benzene rings is 1. The molecule has 5 rings (SSSR count). The summed E-state index contributed by atoms with van der Waals surface area (Å²) in [5, 5.41) is 10.6. The third kappa shape index (κ3) is 4.98. The van der Waals surface area contributed by atoms with Crippen LogP contribution in [0.5, 0.6) is 5.75 Å². The number of amides is 3. The van der Waals surface area contributed by atoms with Gasteiger partial charge in [0.05, 0.1) is 36.7 Å². The summed E-state index contributed by atoms with van der Waals surface area (Å²) in [5.41, 5.74) is -1.69. The third-order valence-corrected chi connectivity index (χ3v) is 10.0. The third-order valence-electron chi connectivity index (χ3n) is 10.0. The van der Waals surface area contributed by atoms with Crippen molar-refractivity contribution < 1.29 is 29.0 Å². The number of rotatable bonds is 11. The fraction of sp³-hybridized carbons (Fsp3) is 0.618. The molecule has 4 aliphatic heterocycles. The first-order chi connectivity index (χ1) is 20.7. The summed E-state index contributed by atoms with van der Waals surface area (Å²) in [6.07, 6.45) is 10.7. The predicted octanol–water partition coefficient (Wildman–Crippen LogP) is 3.95. The van der Waals surface area contributed by atoms with E-state index in [1.807, 2.05) is 76.3 Å². The number of carbonyl (C=O) groups is 3. The lowest BCUT2D eigenvalue weighted by Gasteiger charge is -2.42. The molecule has 0 aliphatic carbocycles. The SMILES string of the molecule is CCCCN1CC=C[C@]23O[C@]4(CC)C=CCN(c5ccc(OCC)cc5)C(=O)[C@@H]4[C@H]2C(=O)N([C@@H](CO)[C@@H](C)CC)C3C1=O. The van der Waals surface area contributed by atoms with E-state index in [1.54, 1.807) is 14.7 Å². The maximum Gasteiger partial charge on any atom is 0.249 e. The maximum atomic E-state index is 14.8. The van der Waals surface area contributed by atoms with Crippen molar-refractivity contribution in [2.45, 2.75) is 83.6 Å². The van der Waals surface area contributed by atoms with E-state index in [0.717, 1.165) is 25.0 Å². The van der Waals surface area contributed by atoms with Crippen molar-refractivity contribution in [3.63, 3.8) is 0 Å². The van der Waals surface area contributed by atoms with E-state index >= 15 is 0 Å². The molecule has 0 saturated carbocycles. The molecule has 1 spiro atoms. The molecule has 1 aromatic carbocycles. The average Bonchev–Trinajstić information content (AvgIpc) is 3.31. The van der Waals surface area contributed by atoms with Gasteiger partial charge in [-0.25, -0.2) is 0 Å². The van der Waals surface area contributed by atoms with Gasteiger partial charge in [0, 0.05) is 25.3 Å². The zero-order valence-corrected chi connectivity index (χ0v) is 26.2. The van der Waals surface area contributed by atoms with Crippen molar-refractivity contribution in [1.82, 2.24) is 9.80 Å². The Morgan fingerprint density at radius 3 is 2.33 bits per heavy atom. The number of aliphatic hydroxyl groups is 1. The Hall–Kier alpha value is -3.17. The van der Waals surface area contributed by atoms with Crippen LogP contribution in [0.25, 0.3) is 0 Å². The zero-order chi connectivity index (χ0) is 30.9. The summed E-state index contributed by atoms with van der Waals surface area (Å²) in [6.45, 7) is 11.6. The number of aliphatic hydroxyl groups excluding tert-OH is 1. The molecular weight excluding hydrogens is 546 g/mol. The molecule has 4 heterocycles. The van der Waals surface area contributed by atoms with Gasteiger partial charge in [0.1, 0.15) is 17.4 Å². The number of carbonyl (C=O) groups excluding carboxylic acids is 3. The quantitative estimate of drug-likeness (QED) is 0.390. The molecule has 2 fully saturated rings. The number of anilines is 1. The van der Waals surface area contributed by atoms with Crippen LogP contribution in [-0.4, -0.2) is 88.8 Å². The summed E-state index contributed by atoms with van der Waals surface area (Å²) >= 11 is 0. The molecule has 1 N–H and O–H groups in total. The van der Waals surface area contributed by atoms with Crippen molar-refractivity contribution in [2.75, 3.05) is 37.7 Å². The second-order valence-electron chi connectivity index (χ2n) is 12.3. The Bertz CT molecular complexity index is 1260. The van der Waals surface area contributed by atoms with Crippen molar-refractivity contribution >= 4 is 23.4 Å². The van der Waals surface area contributed by atoms with Crippen LogP contribution >= 0.6 is 0 Å². The van der Waals surface area contributed by atoms with Crippen LogP contribution in [0.4, 0.5) is 5.69 Å². The molecule has 3 amide bonds. The van der Waals surface area contributed by atoms with Crippen LogP contribution in [0.15, 0.2) is 48.6 Å². The van der Waals surface area contributed by atoms with Crippen molar-refractivity contribution in [3.05, 3.63) is 48.6 Å². The fourth-order valence-corrected chi connectivity index (χ4v) is 7.59. The van der Waals surface area contributed by atoms with Crippen LogP contribution in [0.2, 0.25) is 0 Å². The van der Waals surface area contributed by atoms with E-state index in [-0.39, 0.29) is 30.2 Å². The van der Waals surface area contributed by atoms with Crippen LogP contribution < -0.4 is 9.64 Å². The number of hydrogen-bond acceptors (Lipinski definition) is 6. The van der Waals surface area contributed by atoms with Gasteiger partial charge in [-0.3, -0.25) is 14.4 Å². The molecule has 1 unspecified atom stereocenters. The monoisotopic (exact) mass is 593 g/mol. The molecule has 9 nitrogen and oxygen atoms in total. The number of unbranched alkanes of at least 4 members (excludes halogenated alkanes) is 1. The van der Waals surface area contributed by atoms with Gasteiger partial charge in [0.25, 0.3) is 0 Å². The molecule has 4 aliphatic rings. The van der Waals surface area contributed by atoms with E-state index in [9.17, 15) is 19.5 Å². The van der Waals surface area contributed by atoms with Gasteiger partial charge in [-0.15, -0.1) is 0 Å². The molecule has 9 heteroatoms. The molecule has 43 heavy (non-hydrogen) atoms. The minimum absolute atomic E-state index is 0.0602. The van der Waals surface area contributed by atoms with Gasteiger partial charge in [0.2, 0.25) is 17.7 Å². The smallest absolute Gasteiger partial charge is 0.249 e. The lowest BCUT2D eigenvalue weighted by molar-refractivity contribution is -0.156. The number of likely N-dealkylation sites (tertiary alicyclic amines) is 1. The van der Waals surface area contributed by atoms with E-state index in [2.05, 4.69) is 6.92 Å². The normalized spacial score (nSPS) is 31.4. The summed E-state index contributed by atoms with van der Waals surface area (Å²) in [7, 11) is 0. The second-order valence-corrected chi connectivity index (χ2v) is 12.3. The standard InChI is InChI=1S/C34H47N3O6/c1-6-10-19-35-20-12-18-34-28(31(40)37(29(34)32(35)41)26(22-38)23(5)7-2)27-30(39)36(21-11-17-33(27,8-3)43-34)24-13-15-25(16-14-24)42-9-4/h11-18,23,26-29,38H,6-10,19-22H2,1-5H3/t23-,26-,27-,28-,29?,33+,34-/m0/s1. The number of hydrogen-bond donors (Lipinski definition) is 1. The van der Waals surface area contributed by atoms with Gasteiger partial charge in [-0.1, -0.05) is 64.8 Å². The summed E-state index contributed by atoms with van der Waals surface area (Å²) in [6, 6.07) is 5.85. The summed E-state index contributed by atoms with van der Waals surface area (Å²) in [4.78, 5) is 49.1. The topological polar surface area (TPSA) is 99.6 Å². The van der Waals surface area contributed by atoms with Gasteiger partial charge >= 0.3 is 0 Å². The van der Waals surface area contributed by atoms with Crippen LogP contribution in [0, 0.1) is 17.8 Å².